The van der Waals surface area contributed by atoms with Crippen LogP contribution in [0.2, 0.25) is 0 Å². The largest absolute Gasteiger partial charge is 0.466 e. The second kappa shape index (κ2) is 12.5. The topological polar surface area (TPSA) is 46.6 Å². The molecule has 0 aliphatic carbocycles. The molecule has 1 heterocycles. The first-order chi connectivity index (χ1) is 9.58. The number of carbonyl (C=O) groups excluding carboxylic acids is 2. The van der Waals surface area contributed by atoms with Crippen molar-refractivity contribution >= 4 is 11.9 Å². The molecule has 0 saturated carbocycles. The van der Waals surface area contributed by atoms with E-state index in [1.54, 1.807) is 0 Å². The second-order valence-corrected chi connectivity index (χ2v) is 5.79. The molecule has 1 aliphatic heterocycles. The van der Waals surface area contributed by atoms with E-state index in [1.807, 2.05) is 0 Å². The summed E-state index contributed by atoms with van der Waals surface area (Å²) in [5, 5.41) is 0. The van der Waals surface area contributed by atoms with Crippen LogP contribution in [0.15, 0.2) is 0 Å². The van der Waals surface area contributed by atoms with Crippen molar-refractivity contribution in [1.82, 2.24) is 4.90 Å². The van der Waals surface area contributed by atoms with Crippen LogP contribution < -0.4 is 0 Å². The first kappa shape index (κ1) is 23.2. The normalized spacial score (nSPS) is 20.0. The third-order valence-corrected chi connectivity index (χ3v) is 4.32. The van der Waals surface area contributed by atoms with Gasteiger partial charge in [0.2, 0.25) is 5.91 Å². The van der Waals surface area contributed by atoms with Crippen LogP contribution in [0.3, 0.4) is 0 Å². The zero-order valence-corrected chi connectivity index (χ0v) is 13.2. The fourth-order valence-electron chi connectivity index (χ4n) is 3.00. The van der Waals surface area contributed by atoms with Crippen molar-refractivity contribution in [2.45, 2.75) is 74.1 Å². The van der Waals surface area contributed by atoms with Crippen molar-refractivity contribution in [3.05, 3.63) is 0 Å². The summed E-state index contributed by atoms with van der Waals surface area (Å²) in [6, 6.07) is 0. The van der Waals surface area contributed by atoms with Crippen LogP contribution in [0.1, 0.15) is 74.1 Å². The Balaban J connectivity index is 0. The van der Waals surface area contributed by atoms with Crippen molar-refractivity contribution < 1.29 is 14.3 Å². The minimum absolute atomic E-state index is 0. The van der Waals surface area contributed by atoms with Gasteiger partial charge in [-0.05, 0) is 31.1 Å². The molecule has 1 amide bonds. The molecule has 0 bridgehead atoms. The van der Waals surface area contributed by atoms with Gasteiger partial charge in [-0.3, -0.25) is 9.59 Å². The van der Waals surface area contributed by atoms with E-state index in [1.165, 1.54) is 19.8 Å². The summed E-state index contributed by atoms with van der Waals surface area (Å²) in [5.41, 5.74) is 0. The molecular formula is C18H37NO3. The number of hydrogen-bond donors (Lipinski definition) is 0. The Bertz CT molecular complexity index is 305. The van der Waals surface area contributed by atoms with Crippen molar-refractivity contribution in [2.24, 2.45) is 11.8 Å². The number of amides is 1. The molecule has 1 saturated heterocycles. The molecule has 0 aromatic rings. The summed E-state index contributed by atoms with van der Waals surface area (Å²) in [6.07, 6.45) is 5.66. The second-order valence-electron chi connectivity index (χ2n) is 5.79. The highest BCUT2D eigenvalue weighted by Crippen LogP contribution is 2.29. The van der Waals surface area contributed by atoms with Crippen molar-refractivity contribution in [3.8, 4) is 0 Å². The van der Waals surface area contributed by atoms with Crippen LogP contribution in [0.4, 0.5) is 0 Å². The Morgan fingerprint density at radius 1 is 1.00 bits per heavy atom. The van der Waals surface area contributed by atoms with Gasteiger partial charge >= 0.3 is 5.97 Å². The number of ether oxygens (including phenoxy) is 1. The van der Waals surface area contributed by atoms with Gasteiger partial charge in [-0.15, -0.1) is 0 Å². The monoisotopic (exact) mass is 315 g/mol. The Kier molecular flexibility index (Phi) is 13.2. The Hall–Kier alpha value is -1.06. The molecular weight excluding hydrogens is 278 g/mol. The van der Waals surface area contributed by atoms with Crippen molar-refractivity contribution in [2.75, 3.05) is 19.7 Å². The van der Waals surface area contributed by atoms with Crippen LogP contribution in [0, 0.1) is 11.8 Å². The molecule has 0 aromatic heterocycles. The quantitative estimate of drug-likeness (QED) is 0.496. The molecule has 4 nitrogen and oxygen atoms in total. The van der Waals surface area contributed by atoms with Crippen molar-refractivity contribution in [1.29, 1.82) is 0 Å². The summed E-state index contributed by atoms with van der Waals surface area (Å²) in [7, 11) is 0. The van der Waals surface area contributed by atoms with E-state index in [4.69, 9.17) is 4.74 Å². The van der Waals surface area contributed by atoms with Gasteiger partial charge in [0, 0.05) is 26.4 Å². The smallest absolute Gasteiger partial charge is 0.302 e. The zero-order chi connectivity index (χ0) is 15.0. The number of unbranched alkanes of at least 4 members (excludes halogenated alkanes) is 2. The van der Waals surface area contributed by atoms with Crippen LogP contribution in [-0.4, -0.2) is 36.5 Å². The van der Waals surface area contributed by atoms with Crippen molar-refractivity contribution in [3.63, 3.8) is 0 Å². The lowest BCUT2D eigenvalue weighted by atomic mass is 9.92. The van der Waals surface area contributed by atoms with Crippen LogP contribution in [0.25, 0.3) is 0 Å². The fraction of sp³-hybridized carbons (Fsp3) is 0.889. The molecule has 4 heteroatoms. The minimum atomic E-state index is -0.227. The number of hydrogen-bond acceptors (Lipinski definition) is 3. The predicted molar refractivity (Wildman–Crippen MR) is 92.7 cm³/mol. The Labute approximate surface area is 137 Å². The van der Waals surface area contributed by atoms with Gasteiger partial charge in [0.15, 0.2) is 0 Å². The van der Waals surface area contributed by atoms with E-state index >= 15 is 0 Å². The molecule has 0 N–H and O–H groups in total. The van der Waals surface area contributed by atoms with E-state index < -0.39 is 0 Å². The molecule has 1 fully saturated rings. The lowest BCUT2D eigenvalue weighted by Gasteiger charge is -2.16. The van der Waals surface area contributed by atoms with Gasteiger partial charge in [-0.2, -0.15) is 0 Å². The Morgan fingerprint density at radius 3 is 2.00 bits per heavy atom. The predicted octanol–water partition coefficient (Wildman–Crippen LogP) is 4.28. The third-order valence-electron chi connectivity index (χ3n) is 4.32. The van der Waals surface area contributed by atoms with Gasteiger partial charge < -0.3 is 9.64 Å². The maximum Gasteiger partial charge on any atom is 0.302 e. The lowest BCUT2D eigenvalue weighted by Crippen LogP contribution is -2.28. The van der Waals surface area contributed by atoms with Gasteiger partial charge in [0.1, 0.15) is 0 Å². The summed E-state index contributed by atoms with van der Waals surface area (Å²) < 4.78 is 4.87. The molecule has 0 radical (unpaired) electrons. The summed E-state index contributed by atoms with van der Waals surface area (Å²) in [5.74, 6) is 1.45. The number of rotatable bonds is 8. The molecule has 0 aromatic carbocycles. The van der Waals surface area contributed by atoms with Gasteiger partial charge in [0.25, 0.3) is 0 Å². The molecule has 1 aliphatic rings. The molecule has 132 valence electrons. The summed E-state index contributed by atoms with van der Waals surface area (Å²) in [4.78, 5) is 24.8. The van der Waals surface area contributed by atoms with E-state index in [9.17, 15) is 9.59 Å². The number of nitrogens with zero attached hydrogens (tertiary/aromatic N) is 1. The highest BCUT2D eigenvalue weighted by Gasteiger charge is 2.32. The maximum atomic E-state index is 12.1. The minimum Gasteiger partial charge on any atom is -0.466 e. The lowest BCUT2D eigenvalue weighted by molar-refractivity contribution is -0.141. The average molecular weight is 315 g/mol. The zero-order valence-electron chi connectivity index (χ0n) is 13.2. The van der Waals surface area contributed by atoms with Gasteiger partial charge in [-0.25, -0.2) is 0 Å². The molecule has 0 spiro atoms. The molecule has 2 atom stereocenters. The number of likely N-dealkylation sites (tertiary alicyclic amines) is 1. The SMILES string of the molecule is C.C.CCC1CN(C(=O)CCCCCOC(C)=O)CC1CC. The van der Waals surface area contributed by atoms with E-state index in [0.717, 1.165) is 32.4 Å². The molecule has 1 rings (SSSR count). The summed E-state index contributed by atoms with van der Waals surface area (Å²) in [6.45, 7) is 8.23. The van der Waals surface area contributed by atoms with Crippen LogP contribution in [0.5, 0.6) is 0 Å². The van der Waals surface area contributed by atoms with E-state index in [0.29, 0.717) is 30.8 Å². The first-order valence-electron chi connectivity index (χ1n) is 7.99. The molecule has 22 heavy (non-hydrogen) atoms. The summed E-state index contributed by atoms with van der Waals surface area (Å²) >= 11 is 0. The maximum absolute atomic E-state index is 12.1. The number of esters is 1. The van der Waals surface area contributed by atoms with Crippen LogP contribution >= 0.6 is 0 Å². The first-order valence-corrected chi connectivity index (χ1v) is 7.99. The fourth-order valence-corrected chi connectivity index (χ4v) is 3.00. The van der Waals surface area contributed by atoms with E-state index in [-0.39, 0.29) is 20.8 Å². The highest BCUT2D eigenvalue weighted by atomic mass is 16.5. The van der Waals surface area contributed by atoms with E-state index in [2.05, 4.69) is 18.7 Å². The molecule has 2 unspecified atom stereocenters. The van der Waals surface area contributed by atoms with Crippen LogP contribution in [-0.2, 0) is 14.3 Å². The van der Waals surface area contributed by atoms with Gasteiger partial charge in [-0.1, -0.05) is 41.5 Å². The average Bonchev–Trinajstić information content (AvgIpc) is 2.85. The highest BCUT2D eigenvalue weighted by molar-refractivity contribution is 5.76. The standard InChI is InChI=1S/C16H29NO3.2CH4/c1-4-14-11-17(12-15(14)5-2)16(19)9-7-6-8-10-20-13(3)18;;/h14-15H,4-12H2,1-3H3;2*1H4. The third kappa shape index (κ3) is 7.81. The Morgan fingerprint density at radius 2 is 1.55 bits per heavy atom. The van der Waals surface area contributed by atoms with Gasteiger partial charge in [0.05, 0.1) is 6.61 Å². The number of carbonyl (C=O) groups is 2.